The van der Waals surface area contributed by atoms with Gasteiger partial charge in [-0.05, 0) is 12.1 Å². The van der Waals surface area contributed by atoms with Crippen molar-refractivity contribution in [2.75, 3.05) is 12.5 Å². The average molecular weight is 263 g/mol. The minimum absolute atomic E-state index is 0.185. The standard InChI is InChI=1S/C11H12Cl2O3/c1-8(14)16-9(6-12)7-15-11-5-3-2-4-10(11)13/h2-5,9H,6-7H2,1H3. The van der Waals surface area contributed by atoms with Crippen molar-refractivity contribution < 1.29 is 14.3 Å². The zero-order valence-corrected chi connectivity index (χ0v) is 10.3. The van der Waals surface area contributed by atoms with Gasteiger partial charge in [0.15, 0.2) is 0 Å². The van der Waals surface area contributed by atoms with E-state index in [9.17, 15) is 4.79 Å². The highest BCUT2D eigenvalue weighted by Gasteiger charge is 2.12. The van der Waals surface area contributed by atoms with Crippen LogP contribution in [0.5, 0.6) is 5.75 Å². The molecule has 16 heavy (non-hydrogen) atoms. The van der Waals surface area contributed by atoms with Crippen LogP contribution in [0.1, 0.15) is 6.92 Å². The third kappa shape index (κ3) is 4.29. The van der Waals surface area contributed by atoms with Crippen molar-refractivity contribution in [3.05, 3.63) is 29.3 Å². The van der Waals surface area contributed by atoms with Gasteiger partial charge in [-0.15, -0.1) is 11.6 Å². The highest BCUT2D eigenvalue weighted by atomic mass is 35.5. The molecule has 0 spiro atoms. The normalized spacial score (nSPS) is 11.9. The van der Waals surface area contributed by atoms with Crippen molar-refractivity contribution in [3.8, 4) is 5.75 Å². The summed E-state index contributed by atoms with van der Waals surface area (Å²) >= 11 is 11.5. The second-order valence-electron chi connectivity index (χ2n) is 3.13. The van der Waals surface area contributed by atoms with Crippen LogP contribution >= 0.6 is 23.2 Å². The van der Waals surface area contributed by atoms with Crippen LogP contribution in [0.3, 0.4) is 0 Å². The van der Waals surface area contributed by atoms with E-state index >= 15 is 0 Å². The summed E-state index contributed by atoms with van der Waals surface area (Å²) in [4.78, 5) is 10.7. The molecule has 1 aromatic carbocycles. The van der Waals surface area contributed by atoms with Crippen LogP contribution in [0.15, 0.2) is 24.3 Å². The van der Waals surface area contributed by atoms with Crippen molar-refractivity contribution in [2.24, 2.45) is 0 Å². The van der Waals surface area contributed by atoms with Crippen LogP contribution in [-0.2, 0) is 9.53 Å². The van der Waals surface area contributed by atoms with Gasteiger partial charge >= 0.3 is 5.97 Å². The maximum Gasteiger partial charge on any atom is 0.303 e. The lowest BCUT2D eigenvalue weighted by Gasteiger charge is -2.15. The SMILES string of the molecule is CC(=O)OC(CCl)COc1ccccc1Cl. The van der Waals surface area contributed by atoms with Crippen molar-refractivity contribution in [3.63, 3.8) is 0 Å². The quantitative estimate of drug-likeness (QED) is 0.605. The lowest BCUT2D eigenvalue weighted by atomic mass is 10.3. The number of hydrogen-bond acceptors (Lipinski definition) is 3. The summed E-state index contributed by atoms with van der Waals surface area (Å²) in [6, 6.07) is 7.07. The van der Waals surface area contributed by atoms with E-state index in [0.29, 0.717) is 10.8 Å². The molecule has 0 amide bonds. The van der Waals surface area contributed by atoms with E-state index in [-0.39, 0.29) is 18.5 Å². The van der Waals surface area contributed by atoms with Crippen LogP contribution < -0.4 is 4.74 Å². The number of carbonyl (C=O) groups excluding carboxylic acids is 1. The fraction of sp³-hybridized carbons (Fsp3) is 0.364. The van der Waals surface area contributed by atoms with Crippen molar-refractivity contribution in [2.45, 2.75) is 13.0 Å². The molecule has 0 N–H and O–H groups in total. The molecule has 0 aliphatic rings. The van der Waals surface area contributed by atoms with Crippen LogP contribution in [-0.4, -0.2) is 24.6 Å². The Morgan fingerprint density at radius 2 is 2.12 bits per heavy atom. The number of para-hydroxylation sites is 1. The molecule has 0 bridgehead atoms. The monoisotopic (exact) mass is 262 g/mol. The third-order valence-corrected chi connectivity index (χ3v) is 2.42. The zero-order valence-electron chi connectivity index (χ0n) is 8.78. The van der Waals surface area contributed by atoms with E-state index in [1.807, 2.05) is 6.07 Å². The molecule has 3 nitrogen and oxygen atoms in total. The van der Waals surface area contributed by atoms with Gasteiger partial charge in [0.2, 0.25) is 0 Å². The van der Waals surface area contributed by atoms with Gasteiger partial charge in [0.05, 0.1) is 10.9 Å². The first-order valence-electron chi connectivity index (χ1n) is 4.74. The Morgan fingerprint density at radius 3 is 2.69 bits per heavy atom. The molecule has 5 heteroatoms. The molecule has 1 unspecified atom stereocenters. The molecule has 1 aromatic rings. The minimum atomic E-state index is -0.463. The van der Waals surface area contributed by atoms with E-state index in [1.165, 1.54) is 6.92 Å². The smallest absolute Gasteiger partial charge is 0.303 e. The molecule has 0 aliphatic heterocycles. The van der Waals surface area contributed by atoms with Crippen LogP contribution in [0.25, 0.3) is 0 Å². The number of rotatable bonds is 5. The van der Waals surface area contributed by atoms with Gasteiger partial charge in [-0.25, -0.2) is 0 Å². The molecule has 1 atom stereocenters. The highest BCUT2D eigenvalue weighted by Crippen LogP contribution is 2.23. The molecule has 0 aromatic heterocycles. The zero-order chi connectivity index (χ0) is 12.0. The Morgan fingerprint density at radius 1 is 1.44 bits per heavy atom. The number of carbonyl (C=O) groups is 1. The highest BCUT2D eigenvalue weighted by molar-refractivity contribution is 6.32. The fourth-order valence-corrected chi connectivity index (χ4v) is 1.43. The first-order chi connectivity index (χ1) is 7.63. The summed E-state index contributed by atoms with van der Waals surface area (Å²) in [6.07, 6.45) is -0.463. The van der Waals surface area contributed by atoms with Gasteiger partial charge in [0, 0.05) is 6.92 Å². The van der Waals surface area contributed by atoms with E-state index in [4.69, 9.17) is 32.7 Å². The Bertz CT molecular complexity index is 355. The summed E-state index contributed by atoms with van der Waals surface area (Å²) in [5.74, 6) is 0.351. The number of ether oxygens (including phenoxy) is 2. The van der Waals surface area contributed by atoms with Crippen molar-refractivity contribution in [1.29, 1.82) is 0 Å². The topological polar surface area (TPSA) is 35.5 Å². The minimum Gasteiger partial charge on any atom is -0.488 e. The van der Waals surface area contributed by atoms with Crippen LogP contribution in [0.2, 0.25) is 5.02 Å². The van der Waals surface area contributed by atoms with E-state index in [2.05, 4.69) is 0 Å². The second kappa shape index (κ2) is 6.61. The summed E-state index contributed by atoms with van der Waals surface area (Å²) in [5, 5.41) is 0.513. The van der Waals surface area contributed by atoms with Crippen molar-refractivity contribution >= 4 is 29.2 Å². The Kier molecular flexibility index (Phi) is 5.43. The van der Waals surface area contributed by atoms with Crippen LogP contribution in [0.4, 0.5) is 0 Å². The fourth-order valence-electron chi connectivity index (χ4n) is 1.09. The van der Waals surface area contributed by atoms with Crippen molar-refractivity contribution in [1.82, 2.24) is 0 Å². The summed E-state index contributed by atoms with van der Waals surface area (Å²) < 4.78 is 10.3. The summed E-state index contributed by atoms with van der Waals surface area (Å²) in [7, 11) is 0. The molecule has 0 saturated carbocycles. The average Bonchev–Trinajstić information content (AvgIpc) is 2.25. The number of alkyl halides is 1. The second-order valence-corrected chi connectivity index (χ2v) is 3.84. The maximum atomic E-state index is 10.7. The van der Waals surface area contributed by atoms with Gasteiger partial charge < -0.3 is 9.47 Å². The molecular formula is C11H12Cl2O3. The van der Waals surface area contributed by atoms with Gasteiger partial charge in [-0.1, -0.05) is 23.7 Å². The molecule has 0 heterocycles. The van der Waals surface area contributed by atoms with Gasteiger partial charge in [0.1, 0.15) is 18.5 Å². The lowest BCUT2D eigenvalue weighted by Crippen LogP contribution is -2.25. The molecule has 0 radical (unpaired) electrons. The first kappa shape index (κ1) is 13.1. The first-order valence-corrected chi connectivity index (χ1v) is 5.65. The Labute approximate surface area is 104 Å². The number of halogens is 2. The van der Waals surface area contributed by atoms with Crippen LogP contribution in [0, 0.1) is 0 Å². The maximum absolute atomic E-state index is 10.7. The predicted octanol–water partition coefficient (Wildman–Crippen LogP) is 2.89. The number of benzene rings is 1. The molecular weight excluding hydrogens is 251 g/mol. The summed E-state index contributed by atoms with van der Waals surface area (Å²) in [5.41, 5.74) is 0. The molecule has 0 fully saturated rings. The van der Waals surface area contributed by atoms with E-state index in [0.717, 1.165) is 0 Å². The molecule has 0 aliphatic carbocycles. The van der Waals surface area contributed by atoms with Gasteiger partial charge in [-0.2, -0.15) is 0 Å². The Balaban J connectivity index is 2.49. The number of hydrogen-bond donors (Lipinski definition) is 0. The summed E-state index contributed by atoms with van der Waals surface area (Å²) in [6.45, 7) is 1.52. The molecule has 88 valence electrons. The number of esters is 1. The van der Waals surface area contributed by atoms with Gasteiger partial charge in [0.25, 0.3) is 0 Å². The van der Waals surface area contributed by atoms with Gasteiger partial charge in [-0.3, -0.25) is 4.79 Å². The third-order valence-electron chi connectivity index (χ3n) is 1.77. The lowest BCUT2D eigenvalue weighted by molar-refractivity contribution is -0.146. The largest absolute Gasteiger partial charge is 0.488 e. The molecule has 0 saturated heterocycles. The van der Waals surface area contributed by atoms with E-state index < -0.39 is 6.10 Å². The predicted molar refractivity (Wildman–Crippen MR) is 63.2 cm³/mol. The Hall–Kier alpha value is -0.930. The van der Waals surface area contributed by atoms with E-state index in [1.54, 1.807) is 18.2 Å². The molecule has 1 rings (SSSR count).